The maximum atomic E-state index is 10.5. The highest BCUT2D eigenvalue weighted by atomic mass is 16.7. The third-order valence-electron chi connectivity index (χ3n) is 2.41. The first-order chi connectivity index (χ1) is 8.98. The van der Waals surface area contributed by atoms with Gasteiger partial charge in [0.15, 0.2) is 0 Å². The van der Waals surface area contributed by atoms with Crippen LogP contribution in [-0.2, 0) is 0 Å². The third kappa shape index (κ3) is 3.36. The molecule has 0 aliphatic carbocycles. The zero-order valence-electron chi connectivity index (χ0n) is 10.4. The van der Waals surface area contributed by atoms with Crippen LogP contribution in [0.2, 0.25) is 0 Å². The molecule has 14 nitrogen and oxygen atoms in total. The van der Waals surface area contributed by atoms with E-state index in [4.69, 9.17) is 0 Å². The van der Waals surface area contributed by atoms with Gasteiger partial charge in [-0.2, -0.15) is 10.2 Å². The van der Waals surface area contributed by atoms with E-state index < -0.39 is 44.1 Å². The minimum atomic E-state index is -2.65. The fraction of sp³-hybridized carbons (Fsp3) is 1.00. The molecule has 0 saturated carbocycles. The molecule has 0 rings (SSSR count). The van der Waals surface area contributed by atoms with Crippen LogP contribution in [0.25, 0.3) is 0 Å². The van der Waals surface area contributed by atoms with Crippen molar-refractivity contribution in [2.24, 2.45) is 10.2 Å². The first-order valence-electron chi connectivity index (χ1n) is 4.89. The third-order valence-corrected chi connectivity index (χ3v) is 2.41. The zero-order chi connectivity index (χ0) is 16.1. The van der Waals surface area contributed by atoms with E-state index >= 15 is 0 Å². The molecule has 0 aromatic rings. The minimum absolute atomic E-state index is 0.673. The molecule has 112 valence electrons. The highest BCUT2D eigenvalue weighted by molar-refractivity contribution is 4.65. The molecular weight excluding hydrogens is 284 g/mol. The molecule has 0 aliphatic heterocycles. The Kier molecular flexibility index (Phi) is 5.07. The van der Waals surface area contributed by atoms with Gasteiger partial charge in [-0.1, -0.05) is 0 Å². The SMILES string of the molecule is CC(CN=NCC(C)([N+](=O)[O-])[N+](=O)[O-])([N+](=O)[O-])[N+](=O)[O-]. The highest BCUT2D eigenvalue weighted by Crippen LogP contribution is 2.13. The first kappa shape index (κ1) is 17.2. The van der Waals surface area contributed by atoms with Crippen LogP contribution in [0.15, 0.2) is 10.2 Å². The van der Waals surface area contributed by atoms with E-state index in [2.05, 4.69) is 10.2 Å². The summed E-state index contributed by atoms with van der Waals surface area (Å²) in [7, 11) is 0. The number of nitrogens with zero attached hydrogens (tertiary/aromatic N) is 6. The normalized spacial score (nSPS) is 12.3. The maximum Gasteiger partial charge on any atom is 0.476 e. The molecule has 0 saturated heterocycles. The predicted molar refractivity (Wildman–Crippen MR) is 59.4 cm³/mol. The topological polar surface area (TPSA) is 197 Å². The van der Waals surface area contributed by atoms with Crippen LogP contribution in [0.5, 0.6) is 0 Å². The van der Waals surface area contributed by atoms with Crippen molar-refractivity contribution in [3.05, 3.63) is 40.5 Å². The van der Waals surface area contributed by atoms with E-state index in [1.54, 1.807) is 0 Å². The van der Waals surface area contributed by atoms with Gasteiger partial charge in [0, 0.05) is 0 Å². The fourth-order valence-corrected chi connectivity index (χ4v) is 0.732. The molecule has 0 aliphatic rings. The van der Waals surface area contributed by atoms with Gasteiger partial charge >= 0.3 is 11.3 Å². The highest BCUT2D eigenvalue weighted by Gasteiger charge is 2.52. The molecule has 0 heterocycles. The van der Waals surface area contributed by atoms with E-state index in [1.165, 1.54) is 0 Å². The Balaban J connectivity index is 4.92. The predicted octanol–water partition coefficient (Wildman–Crippen LogP) is -0.0222. The Hall–Kier alpha value is -2.80. The molecule has 20 heavy (non-hydrogen) atoms. The van der Waals surface area contributed by atoms with Gasteiger partial charge in [0.25, 0.3) is 0 Å². The molecule has 0 unspecified atom stereocenters. The van der Waals surface area contributed by atoms with E-state index in [0.29, 0.717) is 13.8 Å². The van der Waals surface area contributed by atoms with Gasteiger partial charge in [-0.3, -0.25) is 40.5 Å². The number of azo groups is 1. The molecule has 0 aromatic heterocycles. The Morgan fingerprint density at radius 1 is 0.700 bits per heavy atom. The maximum absolute atomic E-state index is 10.5. The van der Waals surface area contributed by atoms with Gasteiger partial charge in [-0.25, -0.2) is 0 Å². The van der Waals surface area contributed by atoms with Crippen molar-refractivity contribution in [2.45, 2.75) is 25.2 Å². The van der Waals surface area contributed by atoms with Crippen LogP contribution < -0.4 is 0 Å². The van der Waals surface area contributed by atoms with Crippen LogP contribution in [0.1, 0.15) is 13.8 Å². The van der Waals surface area contributed by atoms with Crippen molar-refractivity contribution in [3.63, 3.8) is 0 Å². The second kappa shape index (κ2) is 5.89. The number of hydrogen-bond donors (Lipinski definition) is 0. The summed E-state index contributed by atoms with van der Waals surface area (Å²) in [4.78, 5) is 37.3. The molecule has 0 N–H and O–H groups in total. The van der Waals surface area contributed by atoms with Crippen molar-refractivity contribution in [1.29, 1.82) is 0 Å². The summed E-state index contributed by atoms with van der Waals surface area (Å²) < 4.78 is 0. The van der Waals surface area contributed by atoms with Crippen LogP contribution in [-0.4, -0.2) is 44.1 Å². The summed E-state index contributed by atoms with van der Waals surface area (Å²) >= 11 is 0. The first-order valence-corrected chi connectivity index (χ1v) is 4.89. The summed E-state index contributed by atoms with van der Waals surface area (Å²) in [5, 5.41) is 48.2. The molecule has 0 amide bonds. The largest absolute Gasteiger partial charge is 0.476 e. The van der Waals surface area contributed by atoms with Crippen molar-refractivity contribution in [3.8, 4) is 0 Å². The van der Waals surface area contributed by atoms with Crippen LogP contribution in [0.4, 0.5) is 0 Å². The van der Waals surface area contributed by atoms with Gasteiger partial charge in [-0.15, -0.1) is 0 Å². The van der Waals surface area contributed by atoms with Gasteiger partial charge in [0.2, 0.25) is 13.1 Å². The lowest BCUT2D eigenvalue weighted by Crippen LogP contribution is -2.47. The molecule has 0 aromatic carbocycles. The minimum Gasteiger partial charge on any atom is -0.258 e. The second-order valence-electron chi connectivity index (χ2n) is 4.06. The van der Waals surface area contributed by atoms with Crippen molar-refractivity contribution < 1.29 is 19.7 Å². The standard InChI is InChI=1S/C6H10N6O8/c1-5(9(13)14,10(15)16)3-7-8-4-6(2,11(17)18)12(19)20/h3-4H2,1-2H3. The molecule has 14 heteroatoms. The molecular formula is C6H10N6O8. The zero-order valence-corrected chi connectivity index (χ0v) is 10.4. The average molecular weight is 294 g/mol. The van der Waals surface area contributed by atoms with E-state index in [1.807, 2.05) is 0 Å². The van der Waals surface area contributed by atoms with Gasteiger partial charge in [-0.05, 0) is 0 Å². The monoisotopic (exact) mass is 294 g/mol. The smallest absolute Gasteiger partial charge is 0.258 e. The lowest BCUT2D eigenvalue weighted by Gasteiger charge is -2.10. The second-order valence-corrected chi connectivity index (χ2v) is 4.06. The van der Waals surface area contributed by atoms with E-state index in [-0.39, 0.29) is 0 Å². The Morgan fingerprint density at radius 3 is 1.05 bits per heavy atom. The summed E-state index contributed by atoms with van der Waals surface area (Å²) in [5.41, 5.74) is -5.30. The van der Waals surface area contributed by atoms with E-state index in [0.717, 1.165) is 0 Å². The molecule has 0 atom stereocenters. The molecule has 0 spiro atoms. The van der Waals surface area contributed by atoms with Gasteiger partial charge in [0.05, 0.1) is 13.8 Å². The molecule has 0 bridgehead atoms. The quantitative estimate of drug-likeness (QED) is 0.257. The van der Waals surface area contributed by atoms with E-state index in [9.17, 15) is 40.5 Å². The average Bonchev–Trinajstić information content (AvgIpc) is 2.32. The molecule has 0 radical (unpaired) electrons. The van der Waals surface area contributed by atoms with Crippen molar-refractivity contribution >= 4 is 0 Å². The number of nitro groups is 4. The van der Waals surface area contributed by atoms with Crippen LogP contribution in [0.3, 0.4) is 0 Å². The van der Waals surface area contributed by atoms with Crippen molar-refractivity contribution in [1.82, 2.24) is 0 Å². The summed E-state index contributed by atoms with van der Waals surface area (Å²) in [6.45, 7) is -0.657. The van der Waals surface area contributed by atoms with Crippen LogP contribution in [0, 0.1) is 40.5 Å². The Morgan fingerprint density at radius 2 is 0.900 bits per heavy atom. The molecule has 0 fully saturated rings. The Bertz CT molecular complexity index is 404. The Labute approximate surface area is 110 Å². The number of rotatable bonds is 8. The lowest BCUT2D eigenvalue weighted by atomic mass is 10.2. The van der Waals surface area contributed by atoms with Crippen LogP contribution >= 0.6 is 0 Å². The summed E-state index contributed by atoms with van der Waals surface area (Å²) in [6.07, 6.45) is 0. The summed E-state index contributed by atoms with van der Waals surface area (Å²) in [6, 6.07) is 0. The summed E-state index contributed by atoms with van der Waals surface area (Å²) in [5.74, 6) is 0. The van der Waals surface area contributed by atoms with Gasteiger partial charge in [0.1, 0.15) is 19.7 Å². The van der Waals surface area contributed by atoms with Crippen molar-refractivity contribution in [2.75, 3.05) is 13.1 Å². The number of hydrogen-bond acceptors (Lipinski definition) is 10. The van der Waals surface area contributed by atoms with Gasteiger partial charge < -0.3 is 0 Å². The lowest BCUT2D eigenvalue weighted by molar-refractivity contribution is -0.789. The fourth-order valence-electron chi connectivity index (χ4n) is 0.732.